The number of amides is 2. The van der Waals surface area contributed by atoms with Gasteiger partial charge < -0.3 is 24.8 Å². The number of aromatic hydroxyl groups is 1. The third-order valence-electron chi connectivity index (χ3n) is 7.79. The minimum atomic E-state index is -0.411. The number of carbonyl (C=O) groups is 3. The van der Waals surface area contributed by atoms with E-state index in [1.165, 1.54) is 17.4 Å². The highest BCUT2D eigenvalue weighted by molar-refractivity contribution is 6.09. The molecule has 11 nitrogen and oxygen atoms in total. The lowest BCUT2D eigenvalue weighted by molar-refractivity contribution is -0.116. The van der Waals surface area contributed by atoms with Crippen molar-refractivity contribution in [3.05, 3.63) is 119 Å². The summed E-state index contributed by atoms with van der Waals surface area (Å²) < 4.78 is 11.0. The van der Waals surface area contributed by atoms with E-state index in [0.29, 0.717) is 58.4 Å². The zero-order chi connectivity index (χ0) is 34.9. The normalized spacial score (nSPS) is 10.6. The van der Waals surface area contributed by atoms with E-state index in [1.54, 1.807) is 67.7 Å². The van der Waals surface area contributed by atoms with Gasteiger partial charge in [-0.15, -0.1) is 0 Å². The molecule has 0 saturated heterocycles. The number of fused-ring (bicyclic) bond motifs is 2. The number of H-pyrrole nitrogens is 1. The molecule has 0 saturated carbocycles. The zero-order valence-electron chi connectivity index (χ0n) is 27.7. The zero-order valence-corrected chi connectivity index (χ0v) is 27.7. The number of rotatable bonds is 9. The number of aryl methyl sites for hydroxylation is 2. The summed E-state index contributed by atoms with van der Waals surface area (Å²) in [5.41, 5.74) is 4.94. The largest absolute Gasteiger partial charge is 0.506 e. The quantitative estimate of drug-likeness (QED) is 0.0903. The lowest BCUT2D eigenvalue weighted by Gasteiger charge is -2.18. The van der Waals surface area contributed by atoms with E-state index in [-0.39, 0.29) is 23.1 Å². The van der Waals surface area contributed by atoms with Gasteiger partial charge in [-0.05, 0) is 74.4 Å². The first-order valence-corrected chi connectivity index (χ1v) is 15.7. The van der Waals surface area contributed by atoms with Crippen molar-refractivity contribution in [2.75, 3.05) is 25.1 Å². The predicted octanol–water partition coefficient (Wildman–Crippen LogP) is 6.52. The van der Waals surface area contributed by atoms with E-state index >= 15 is 0 Å². The van der Waals surface area contributed by atoms with Gasteiger partial charge in [-0.1, -0.05) is 54.1 Å². The third-order valence-corrected chi connectivity index (χ3v) is 7.79. The number of phenolic OH excluding ortho intramolecular Hbond substituents is 1. The topological polar surface area (TPSA) is 147 Å². The molecule has 6 aromatic rings. The average Bonchev–Trinajstić information content (AvgIpc) is 3.57. The predicted molar refractivity (Wildman–Crippen MR) is 188 cm³/mol. The van der Waals surface area contributed by atoms with Gasteiger partial charge >= 0.3 is 5.97 Å². The monoisotopic (exact) mass is 659 g/mol. The summed E-state index contributed by atoms with van der Waals surface area (Å²) in [7, 11) is 1.68. The van der Waals surface area contributed by atoms with Crippen molar-refractivity contribution < 1.29 is 29.0 Å². The molecule has 0 fully saturated rings. The van der Waals surface area contributed by atoms with Crippen LogP contribution in [0.2, 0.25) is 0 Å². The summed E-state index contributed by atoms with van der Waals surface area (Å²) in [4.78, 5) is 37.7. The Kier molecular flexibility index (Phi) is 10.8. The maximum Gasteiger partial charge on any atom is 0.343 e. The summed E-state index contributed by atoms with van der Waals surface area (Å²) in [6, 6.07) is 28.6. The van der Waals surface area contributed by atoms with E-state index in [1.807, 2.05) is 44.2 Å². The van der Waals surface area contributed by atoms with Crippen LogP contribution in [0.25, 0.3) is 21.8 Å². The first kappa shape index (κ1) is 34.1. The molecule has 1 aromatic heterocycles. The molecule has 0 aliphatic heterocycles. The Morgan fingerprint density at radius 1 is 0.857 bits per heavy atom. The summed E-state index contributed by atoms with van der Waals surface area (Å²) in [5, 5.41) is 25.1. The Hall–Kier alpha value is -6.23. The number of hydrogen-bond donors (Lipinski definition) is 3. The van der Waals surface area contributed by atoms with Crippen LogP contribution < -0.4 is 19.7 Å². The molecule has 11 heteroatoms. The number of esters is 1. The summed E-state index contributed by atoms with van der Waals surface area (Å²) in [6.45, 7) is 6.43. The minimum Gasteiger partial charge on any atom is -0.506 e. The molecule has 0 atom stereocenters. The maximum absolute atomic E-state index is 12.6. The first-order valence-electron chi connectivity index (χ1n) is 15.7. The smallest absolute Gasteiger partial charge is 0.343 e. The van der Waals surface area contributed by atoms with Crippen molar-refractivity contribution in [3.8, 4) is 17.2 Å². The van der Waals surface area contributed by atoms with Gasteiger partial charge in [0, 0.05) is 31.3 Å². The average molecular weight is 660 g/mol. The fourth-order valence-corrected chi connectivity index (χ4v) is 5.11. The molecule has 0 aliphatic rings. The van der Waals surface area contributed by atoms with Crippen LogP contribution in [-0.4, -0.2) is 58.5 Å². The van der Waals surface area contributed by atoms with Gasteiger partial charge in [0.1, 0.15) is 28.3 Å². The molecule has 250 valence electrons. The third kappa shape index (κ3) is 8.38. The molecule has 49 heavy (non-hydrogen) atoms. The number of aromatic amines is 1. The lowest BCUT2D eigenvalue weighted by atomic mass is 10.0. The molecular weight excluding hydrogens is 622 g/mol. The number of nitrogens with one attached hydrogen (secondary N) is 2. The molecule has 1 heterocycles. The van der Waals surface area contributed by atoms with Crippen molar-refractivity contribution in [2.24, 2.45) is 0 Å². The van der Waals surface area contributed by atoms with Crippen LogP contribution in [-0.2, 0) is 4.79 Å². The van der Waals surface area contributed by atoms with Crippen LogP contribution >= 0.6 is 0 Å². The second-order valence-electron chi connectivity index (χ2n) is 11.4. The van der Waals surface area contributed by atoms with E-state index < -0.39 is 5.97 Å². The van der Waals surface area contributed by atoms with Crippen molar-refractivity contribution >= 4 is 45.3 Å². The van der Waals surface area contributed by atoms with E-state index in [2.05, 4.69) is 26.8 Å². The highest BCUT2D eigenvalue weighted by Crippen LogP contribution is 2.34. The van der Waals surface area contributed by atoms with E-state index in [9.17, 15) is 19.5 Å². The number of hydrogen-bond acceptors (Lipinski definition) is 8. The van der Waals surface area contributed by atoms with Gasteiger partial charge in [-0.25, -0.2) is 4.79 Å². The fourth-order valence-electron chi connectivity index (χ4n) is 5.11. The second kappa shape index (κ2) is 15.6. The summed E-state index contributed by atoms with van der Waals surface area (Å²) in [5.74, 6) is 0.387. The molecule has 3 N–H and O–H groups in total. The molecule has 0 spiro atoms. The van der Waals surface area contributed by atoms with Crippen molar-refractivity contribution in [3.63, 3.8) is 0 Å². The van der Waals surface area contributed by atoms with E-state index in [0.717, 1.165) is 11.3 Å². The molecule has 5 aromatic carbocycles. The number of benzene rings is 5. The number of para-hydroxylation sites is 1. The fraction of sp³-hybridized carbons (Fsp3) is 0.184. The van der Waals surface area contributed by atoms with Crippen LogP contribution in [0.3, 0.4) is 0 Å². The number of anilines is 1. The highest BCUT2D eigenvalue weighted by atomic mass is 16.5. The maximum atomic E-state index is 12.6. The molecule has 6 rings (SSSR count). The van der Waals surface area contributed by atoms with Gasteiger partial charge in [-0.3, -0.25) is 9.59 Å². The van der Waals surface area contributed by atoms with Gasteiger partial charge in [-0.2, -0.15) is 15.4 Å². The molecule has 0 bridgehead atoms. The molecule has 0 unspecified atom stereocenters. The van der Waals surface area contributed by atoms with Crippen LogP contribution in [0.4, 0.5) is 5.69 Å². The first-order chi connectivity index (χ1) is 23.6. The summed E-state index contributed by atoms with van der Waals surface area (Å²) >= 11 is 0. The Morgan fingerprint density at radius 3 is 2.39 bits per heavy atom. The molecule has 0 aliphatic carbocycles. The number of aromatic nitrogens is 3. The van der Waals surface area contributed by atoms with Crippen LogP contribution in [0.5, 0.6) is 17.2 Å². The number of carbonyl (C=O) groups excluding carboxylic acids is 3. The van der Waals surface area contributed by atoms with Gasteiger partial charge in [0.15, 0.2) is 0 Å². The van der Waals surface area contributed by atoms with Gasteiger partial charge in [0.05, 0.1) is 23.4 Å². The summed E-state index contributed by atoms with van der Waals surface area (Å²) in [6.07, 6.45) is 0.640. The van der Waals surface area contributed by atoms with Crippen molar-refractivity contribution in [1.29, 1.82) is 0 Å². The number of ether oxygens (including phenoxy) is 2. The van der Waals surface area contributed by atoms with Crippen LogP contribution in [0.15, 0.2) is 97.1 Å². The molecular formula is C38H37N5O6. The lowest BCUT2D eigenvalue weighted by Crippen LogP contribution is -2.26. The Labute approximate surface area is 283 Å². The van der Waals surface area contributed by atoms with Crippen LogP contribution in [0.1, 0.15) is 45.2 Å². The van der Waals surface area contributed by atoms with Crippen LogP contribution in [0, 0.1) is 13.8 Å². The Morgan fingerprint density at radius 2 is 1.63 bits per heavy atom. The standard InChI is InChI=1S/C25H28N2O4.C13H9N3O2/c1-16-9-12-23(17(2)15-16)31-14-6-13-26-25(30)21-11-10-19-20(24(21)29)7-5-8-22(19)27(4)18(3)28;17-13(18-10-4-2-1-3-5-10)9-6-7-11-12(8-9)15-16-14-11/h5,7-12,15,29H,6,13-14H2,1-4H3,(H,26,30);1-8H,(H,14,15,16). The molecule has 2 amide bonds. The van der Waals surface area contributed by atoms with Gasteiger partial charge in [0.25, 0.3) is 5.91 Å². The van der Waals surface area contributed by atoms with Crippen molar-refractivity contribution in [2.45, 2.75) is 27.2 Å². The second-order valence-corrected chi connectivity index (χ2v) is 11.4. The highest BCUT2D eigenvalue weighted by Gasteiger charge is 2.17. The SMILES string of the molecule is CC(=O)N(C)c1cccc2c(O)c(C(=O)NCCCOc3ccc(C)cc3C)ccc12.O=C(Oc1ccccc1)c1ccc2n[nH]nc2c1. The van der Waals surface area contributed by atoms with E-state index in [4.69, 9.17) is 9.47 Å². The Balaban J connectivity index is 0.000000219. The minimum absolute atomic E-state index is 0.0969. The van der Waals surface area contributed by atoms with Crippen molar-refractivity contribution in [1.82, 2.24) is 20.7 Å². The molecule has 0 radical (unpaired) electrons. The number of nitrogens with zero attached hydrogens (tertiary/aromatic N) is 3. The number of phenols is 1. The Bertz CT molecular complexity index is 2110. The van der Waals surface area contributed by atoms with Gasteiger partial charge in [0.2, 0.25) is 5.91 Å².